The Labute approximate surface area is 517 Å². The van der Waals surface area contributed by atoms with Crippen molar-refractivity contribution in [3.63, 3.8) is 0 Å². The zero-order valence-corrected chi connectivity index (χ0v) is 55.7. The molecule has 1 N–H and O–H groups in total. The van der Waals surface area contributed by atoms with Crippen LogP contribution in [0.4, 0.5) is 0 Å². The Balaban J connectivity index is 5.19. The molecule has 480 valence electrons. The number of quaternary nitrogens is 1. The van der Waals surface area contributed by atoms with Crippen molar-refractivity contribution < 1.29 is 37.3 Å². The lowest BCUT2D eigenvalue weighted by Crippen LogP contribution is -2.47. The van der Waals surface area contributed by atoms with Crippen molar-refractivity contribution in [2.45, 2.75) is 283 Å². The van der Waals surface area contributed by atoms with E-state index in [1.54, 1.807) is 0 Å². The highest BCUT2D eigenvalue weighted by atomic mass is 31.2. The van der Waals surface area contributed by atoms with E-state index in [9.17, 15) is 19.0 Å². The predicted octanol–water partition coefficient (Wildman–Crippen LogP) is 21.0. The molecule has 0 saturated carbocycles. The first-order valence-corrected chi connectivity index (χ1v) is 35.5. The molecule has 0 aromatic carbocycles. The molecule has 0 spiro atoms. The number of allylic oxidation sites excluding steroid dienone is 21. The highest BCUT2D eigenvalue weighted by Gasteiger charge is 2.27. The number of carbonyl (C=O) groups excluding carboxylic acids is 2. The third kappa shape index (κ3) is 62.7. The van der Waals surface area contributed by atoms with Gasteiger partial charge >= 0.3 is 5.97 Å². The molecule has 0 heterocycles. The zero-order chi connectivity index (χ0) is 61.4. The monoisotopic (exact) mass is 1190 g/mol. The highest BCUT2D eigenvalue weighted by Crippen LogP contribution is 2.38. The van der Waals surface area contributed by atoms with Crippen LogP contribution < -0.4 is 10.2 Å². The van der Waals surface area contributed by atoms with Gasteiger partial charge in [0.15, 0.2) is 0 Å². The van der Waals surface area contributed by atoms with Crippen molar-refractivity contribution >= 4 is 19.7 Å². The van der Waals surface area contributed by atoms with Crippen LogP contribution in [0.2, 0.25) is 0 Å². The summed E-state index contributed by atoms with van der Waals surface area (Å²) in [5, 5.41) is 3.03. The van der Waals surface area contributed by atoms with Gasteiger partial charge in [-0.25, -0.2) is 0 Å². The number of nitrogens with zero attached hydrogens (tertiary/aromatic N) is 1. The van der Waals surface area contributed by atoms with Crippen LogP contribution in [-0.4, -0.2) is 69.4 Å². The molecule has 0 aliphatic heterocycles. The predicted molar refractivity (Wildman–Crippen MR) is 362 cm³/mol. The van der Waals surface area contributed by atoms with Gasteiger partial charge in [-0.15, -0.1) is 0 Å². The van der Waals surface area contributed by atoms with Crippen LogP contribution in [-0.2, 0) is 27.9 Å². The minimum Gasteiger partial charge on any atom is -0.756 e. The molecule has 0 fully saturated rings. The van der Waals surface area contributed by atoms with Crippen molar-refractivity contribution in [3.8, 4) is 0 Å². The lowest BCUT2D eigenvalue weighted by molar-refractivity contribution is -0.870. The molecule has 3 atom stereocenters. The molecule has 0 aliphatic carbocycles. The van der Waals surface area contributed by atoms with E-state index in [0.717, 1.165) is 148 Å². The first-order chi connectivity index (χ1) is 40.9. The van der Waals surface area contributed by atoms with Crippen LogP contribution in [0.15, 0.2) is 134 Å². The standard InChI is InChI=1S/C74H127N2O7P/c1-7-10-13-16-19-22-25-28-30-32-34-36-37-38-39-41-42-44-46-48-51-54-57-60-63-66-73(77)75-71(70-82-84(79,80)81-69-68-76(4,5)6)72(65-62-59-56-53-50-27-24-21-18-15-12-9-3)83-74(78)67-64-61-58-55-52-49-47-45-43-40-35-33-31-29-26-23-20-17-14-11-8-2/h10-11,13-14,19-20,22-23,28-31,34-36,38-40,45,47,62,65,71-72H,7-9,12,15-18,21,24-27,32-33,37,41-44,46,48-61,63-64,66-70H2,1-6H3,(H-,75,77,79,80)/b13-10-,14-11-,22-19-,23-20-,30-28-,31-29-,36-34-,39-38-,40-35-,47-45-,65-62-. The number of carbonyl (C=O) groups is 2. The molecule has 0 aliphatic rings. The second-order valence-corrected chi connectivity index (χ2v) is 25.0. The first-order valence-electron chi connectivity index (χ1n) is 34.0. The van der Waals surface area contributed by atoms with Gasteiger partial charge in [0.2, 0.25) is 5.91 Å². The smallest absolute Gasteiger partial charge is 0.306 e. The maximum atomic E-state index is 13.6. The average Bonchev–Trinajstić information content (AvgIpc) is 3.64. The van der Waals surface area contributed by atoms with Gasteiger partial charge in [-0.05, 0) is 122 Å². The summed E-state index contributed by atoms with van der Waals surface area (Å²) in [5.74, 6) is -0.576. The molecular weight excluding hydrogens is 1060 g/mol. The van der Waals surface area contributed by atoms with Gasteiger partial charge in [0.05, 0.1) is 33.8 Å². The summed E-state index contributed by atoms with van der Waals surface area (Å²) in [5.41, 5.74) is 0. The largest absolute Gasteiger partial charge is 0.756 e. The SMILES string of the molecule is CC/C=C\C/C=C\C/C=C\C/C=C\C/C=C\CCCCCCCCCCCC(=O)NC(COP(=O)([O-])OCC[N+](C)(C)C)C(/C=C\CCCCCCCCCCCC)OC(=O)CCCCCCC/C=C\C/C=C\C/C=C\C/C=C\C/C=C\CC. The zero-order valence-electron chi connectivity index (χ0n) is 54.8. The van der Waals surface area contributed by atoms with E-state index in [2.05, 4.69) is 148 Å². The molecule has 0 bridgehead atoms. The van der Waals surface area contributed by atoms with Crippen LogP contribution in [0.25, 0.3) is 0 Å². The molecule has 9 nitrogen and oxygen atoms in total. The summed E-state index contributed by atoms with van der Waals surface area (Å²) in [6.45, 7) is 6.59. The lowest BCUT2D eigenvalue weighted by Gasteiger charge is -2.30. The normalized spacial score (nSPS) is 14.4. The Morgan fingerprint density at radius 3 is 1.14 bits per heavy atom. The lowest BCUT2D eigenvalue weighted by atomic mass is 10.0. The Morgan fingerprint density at radius 2 is 0.762 bits per heavy atom. The van der Waals surface area contributed by atoms with Gasteiger partial charge in [-0.3, -0.25) is 14.2 Å². The quantitative estimate of drug-likeness (QED) is 0.0212. The van der Waals surface area contributed by atoms with Crippen LogP contribution in [0.5, 0.6) is 0 Å². The summed E-state index contributed by atoms with van der Waals surface area (Å²) >= 11 is 0. The molecule has 0 saturated heterocycles. The Morgan fingerprint density at radius 1 is 0.429 bits per heavy atom. The van der Waals surface area contributed by atoms with Gasteiger partial charge in [0.1, 0.15) is 19.3 Å². The van der Waals surface area contributed by atoms with E-state index in [-0.39, 0.29) is 24.9 Å². The summed E-state index contributed by atoms with van der Waals surface area (Å²) < 4.78 is 30.4. The molecule has 10 heteroatoms. The fourth-order valence-electron chi connectivity index (χ4n) is 9.16. The van der Waals surface area contributed by atoms with E-state index >= 15 is 0 Å². The number of amides is 1. The molecule has 84 heavy (non-hydrogen) atoms. The number of hydrogen-bond donors (Lipinski definition) is 1. The Hall–Kier alpha value is -3.85. The fraction of sp³-hybridized carbons (Fsp3) is 0.676. The second-order valence-electron chi connectivity index (χ2n) is 23.6. The van der Waals surface area contributed by atoms with E-state index in [4.69, 9.17) is 13.8 Å². The second kappa shape index (κ2) is 62.2. The van der Waals surface area contributed by atoms with Crippen molar-refractivity contribution in [1.82, 2.24) is 5.32 Å². The number of phosphoric ester groups is 1. The van der Waals surface area contributed by atoms with Crippen molar-refractivity contribution in [2.24, 2.45) is 0 Å². The molecule has 0 aromatic rings. The molecule has 1 amide bonds. The van der Waals surface area contributed by atoms with Crippen LogP contribution in [0.3, 0.4) is 0 Å². The summed E-state index contributed by atoms with van der Waals surface area (Å²) in [6, 6.07) is -0.911. The minimum absolute atomic E-state index is 0.0341. The summed E-state index contributed by atoms with van der Waals surface area (Å²) in [7, 11) is 1.15. The van der Waals surface area contributed by atoms with Crippen molar-refractivity contribution in [2.75, 3.05) is 40.9 Å². The van der Waals surface area contributed by atoms with Crippen LogP contribution >= 0.6 is 7.82 Å². The van der Waals surface area contributed by atoms with Gasteiger partial charge in [-0.1, -0.05) is 270 Å². The molecule has 0 aromatic heterocycles. The maximum absolute atomic E-state index is 13.6. The summed E-state index contributed by atoms with van der Waals surface area (Å²) in [4.78, 5) is 40.1. The van der Waals surface area contributed by atoms with Crippen LogP contribution in [0.1, 0.15) is 271 Å². The third-order valence-electron chi connectivity index (χ3n) is 14.3. The molecular formula is C74H127N2O7P. The van der Waals surface area contributed by atoms with Crippen molar-refractivity contribution in [1.29, 1.82) is 0 Å². The molecule has 0 radical (unpaired) electrons. The minimum atomic E-state index is -4.72. The number of ether oxygens (including phenoxy) is 1. The fourth-order valence-corrected chi connectivity index (χ4v) is 9.89. The number of unbranched alkanes of at least 4 members (excludes halogenated alkanes) is 24. The number of esters is 1. The van der Waals surface area contributed by atoms with E-state index in [0.29, 0.717) is 23.9 Å². The Kier molecular flexibility index (Phi) is 59.4. The highest BCUT2D eigenvalue weighted by molar-refractivity contribution is 7.45. The van der Waals surface area contributed by atoms with Gasteiger partial charge in [0.25, 0.3) is 7.82 Å². The maximum Gasteiger partial charge on any atom is 0.306 e. The van der Waals surface area contributed by atoms with Gasteiger partial charge in [0, 0.05) is 12.8 Å². The van der Waals surface area contributed by atoms with E-state index in [1.165, 1.54) is 83.5 Å². The Bertz CT molecular complexity index is 1900. The van der Waals surface area contributed by atoms with E-state index < -0.39 is 26.6 Å². The van der Waals surface area contributed by atoms with Crippen molar-refractivity contribution in [3.05, 3.63) is 134 Å². The molecule has 0 rings (SSSR count). The van der Waals surface area contributed by atoms with E-state index in [1.807, 2.05) is 33.3 Å². The number of hydrogen-bond acceptors (Lipinski definition) is 7. The van der Waals surface area contributed by atoms with Gasteiger partial charge < -0.3 is 28.5 Å². The number of likely N-dealkylation sites (N-methyl/N-ethyl adjacent to an activating group) is 1. The van der Waals surface area contributed by atoms with Crippen LogP contribution in [0, 0.1) is 0 Å². The molecule has 3 unspecified atom stereocenters. The topological polar surface area (TPSA) is 114 Å². The number of phosphoric acid groups is 1. The number of rotatable bonds is 60. The van der Waals surface area contributed by atoms with Gasteiger partial charge in [-0.2, -0.15) is 0 Å². The average molecular weight is 1190 g/mol. The first kappa shape index (κ1) is 80.2. The number of nitrogens with one attached hydrogen (secondary N) is 1. The third-order valence-corrected chi connectivity index (χ3v) is 15.3. The summed E-state index contributed by atoms with van der Waals surface area (Å²) in [6.07, 6.45) is 88.5.